The maximum absolute atomic E-state index is 3.98. The van der Waals surface area contributed by atoms with E-state index in [4.69, 9.17) is 0 Å². The van der Waals surface area contributed by atoms with Crippen LogP contribution in [0.25, 0.3) is 0 Å². The summed E-state index contributed by atoms with van der Waals surface area (Å²) in [6.07, 6.45) is 4.61. The molecule has 0 unspecified atom stereocenters. The van der Waals surface area contributed by atoms with Crippen LogP contribution < -0.4 is 0 Å². The summed E-state index contributed by atoms with van der Waals surface area (Å²) >= 11 is 3.52. The number of hydrogen-bond acceptors (Lipinski definition) is 0. The normalized spacial score (nSPS) is 30.9. The van der Waals surface area contributed by atoms with Crippen LogP contribution >= 0.6 is 15.9 Å². The molecular formula is C13H15Br. The molecule has 0 aliphatic heterocycles. The van der Waals surface area contributed by atoms with Gasteiger partial charge in [-0.2, -0.15) is 0 Å². The van der Waals surface area contributed by atoms with Gasteiger partial charge in [-0.15, -0.1) is 6.58 Å². The first-order valence-corrected chi connectivity index (χ1v) is 5.85. The van der Waals surface area contributed by atoms with Gasteiger partial charge in [-0.05, 0) is 36.5 Å². The van der Waals surface area contributed by atoms with Gasteiger partial charge in [0.1, 0.15) is 0 Å². The molecule has 0 radical (unpaired) electrons. The van der Waals surface area contributed by atoms with Gasteiger partial charge in [0.15, 0.2) is 0 Å². The van der Waals surface area contributed by atoms with Crippen molar-refractivity contribution in [3.63, 3.8) is 0 Å². The van der Waals surface area contributed by atoms with E-state index < -0.39 is 0 Å². The van der Waals surface area contributed by atoms with Crippen molar-refractivity contribution >= 4 is 15.9 Å². The Morgan fingerprint density at radius 1 is 1.50 bits per heavy atom. The van der Waals surface area contributed by atoms with Crippen LogP contribution in [0, 0.1) is 5.92 Å². The smallest absolute Gasteiger partial charge is 0.0178 e. The molecule has 1 fully saturated rings. The van der Waals surface area contributed by atoms with Gasteiger partial charge in [0.25, 0.3) is 0 Å². The van der Waals surface area contributed by atoms with Crippen LogP contribution in [-0.2, 0) is 5.41 Å². The lowest BCUT2D eigenvalue weighted by molar-refractivity contribution is 0.209. The molecule has 74 valence electrons. The molecule has 0 amide bonds. The summed E-state index contributed by atoms with van der Waals surface area (Å²) in [4.78, 5) is 0. The van der Waals surface area contributed by atoms with Crippen LogP contribution in [-0.4, -0.2) is 0 Å². The molecule has 1 heteroatoms. The maximum atomic E-state index is 3.98. The fraction of sp³-hybridized carbons (Fsp3) is 0.385. The van der Waals surface area contributed by atoms with Crippen LogP contribution in [0.4, 0.5) is 0 Å². The van der Waals surface area contributed by atoms with Gasteiger partial charge in [0.2, 0.25) is 0 Å². The fourth-order valence-electron chi connectivity index (χ4n) is 2.50. The summed E-state index contributed by atoms with van der Waals surface area (Å²) in [5.74, 6) is 0.840. The SMILES string of the molecule is C=CC1(c2cccc(Br)c2)CC(C)C1. The van der Waals surface area contributed by atoms with Gasteiger partial charge in [-0.1, -0.05) is 41.1 Å². The predicted octanol–water partition coefficient (Wildman–Crippen LogP) is 4.30. The van der Waals surface area contributed by atoms with Gasteiger partial charge in [-0.25, -0.2) is 0 Å². The van der Waals surface area contributed by atoms with Crippen LogP contribution in [0.15, 0.2) is 41.4 Å². The Labute approximate surface area is 94.2 Å². The molecule has 0 bridgehead atoms. The van der Waals surface area contributed by atoms with Crippen LogP contribution in [0.3, 0.4) is 0 Å². The Morgan fingerprint density at radius 2 is 2.21 bits per heavy atom. The summed E-state index contributed by atoms with van der Waals surface area (Å²) in [5, 5.41) is 0. The second-order valence-electron chi connectivity index (χ2n) is 4.38. The van der Waals surface area contributed by atoms with Crippen molar-refractivity contribution in [2.45, 2.75) is 25.2 Å². The molecule has 1 saturated carbocycles. The molecular weight excluding hydrogens is 236 g/mol. The second kappa shape index (κ2) is 3.54. The largest absolute Gasteiger partial charge is 0.102 e. The number of halogens is 1. The zero-order valence-corrected chi connectivity index (χ0v) is 10.0. The van der Waals surface area contributed by atoms with E-state index in [1.807, 2.05) is 0 Å². The van der Waals surface area contributed by atoms with Crippen LogP contribution in [0.1, 0.15) is 25.3 Å². The van der Waals surface area contributed by atoms with E-state index in [2.05, 4.69) is 59.8 Å². The zero-order chi connectivity index (χ0) is 10.2. The maximum Gasteiger partial charge on any atom is 0.0178 e. The van der Waals surface area contributed by atoms with E-state index in [9.17, 15) is 0 Å². The Balaban J connectivity index is 2.33. The molecule has 0 atom stereocenters. The molecule has 1 aliphatic rings. The monoisotopic (exact) mass is 250 g/mol. The third kappa shape index (κ3) is 1.54. The van der Waals surface area contributed by atoms with Crippen molar-refractivity contribution in [3.8, 4) is 0 Å². The van der Waals surface area contributed by atoms with Crippen molar-refractivity contribution < 1.29 is 0 Å². The van der Waals surface area contributed by atoms with Crippen molar-refractivity contribution in [2.24, 2.45) is 5.92 Å². The molecule has 0 saturated heterocycles. The molecule has 14 heavy (non-hydrogen) atoms. The minimum absolute atomic E-state index is 0.253. The highest BCUT2D eigenvalue weighted by atomic mass is 79.9. The highest BCUT2D eigenvalue weighted by Gasteiger charge is 2.40. The van der Waals surface area contributed by atoms with Gasteiger partial charge in [0, 0.05) is 9.89 Å². The molecule has 0 heterocycles. The van der Waals surface area contributed by atoms with Gasteiger partial charge >= 0.3 is 0 Å². The summed E-state index contributed by atoms with van der Waals surface area (Å²) in [5.41, 5.74) is 1.66. The van der Waals surface area contributed by atoms with E-state index in [-0.39, 0.29) is 5.41 Å². The number of allylic oxidation sites excluding steroid dienone is 1. The first-order chi connectivity index (χ1) is 6.66. The Morgan fingerprint density at radius 3 is 2.71 bits per heavy atom. The molecule has 2 rings (SSSR count). The minimum Gasteiger partial charge on any atom is -0.102 e. The van der Waals surface area contributed by atoms with E-state index in [1.165, 1.54) is 18.4 Å². The molecule has 0 nitrogen and oxygen atoms in total. The van der Waals surface area contributed by atoms with Crippen molar-refractivity contribution in [3.05, 3.63) is 47.0 Å². The lowest BCUT2D eigenvalue weighted by Gasteiger charge is -2.45. The molecule has 0 spiro atoms. The third-order valence-corrected chi connectivity index (χ3v) is 3.71. The molecule has 1 aromatic carbocycles. The Kier molecular flexibility index (Phi) is 2.52. The van der Waals surface area contributed by atoms with E-state index >= 15 is 0 Å². The fourth-order valence-corrected chi connectivity index (χ4v) is 2.90. The molecule has 0 aromatic heterocycles. The van der Waals surface area contributed by atoms with Crippen LogP contribution in [0.2, 0.25) is 0 Å². The molecule has 1 aliphatic carbocycles. The van der Waals surface area contributed by atoms with E-state index in [0.717, 1.165) is 10.4 Å². The number of benzene rings is 1. The predicted molar refractivity (Wildman–Crippen MR) is 64.4 cm³/mol. The lowest BCUT2D eigenvalue weighted by Crippen LogP contribution is -2.37. The summed E-state index contributed by atoms with van der Waals surface area (Å²) in [6.45, 7) is 6.29. The second-order valence-corrected chi connectivity index (χ2v) is 5.30. The Hall–Kier alpha value is -0.560. The Bertz CT molecular complexity index is 348. The van der Waals surface area contributed by atoms with Gasteiger partial charge in [0.05, 0.1) is 0 Å². The highest BCUT2D eigenvalue weighted by Crippen LogP contribution is 2.48. The van der Waals surface area contributed by atoms with E-state index in [1.54, 1.807) is 0 Å². The van der Waals surface area contributed by atoms with Crippen LogP contribution in [0.5, 0.6) is 0 Å². The topological polar surface area (TPSA) is 0 Å². The van der Waals surface area contributed by atoms with E-state index in [0.29, 0.717) is 0 Å². The zero-order valence-electron chi connectivity index (χ0n) is 8.46. The summed E-state index contributed by atoms with van der Waals surface area (Å²) in [6, 6.07) is 8.60. The first kappa shape index (κ1) is 9.97. The first-order valence-electron chi connectivity index (χ1n) is 5.06. The van der Waals surface area contributed by atoms with Crippen molar-refractivity contribution in [2.75, 3.05) is 0 Å². The van der Waals surface area contributed by atoms with Crippen molar-refractivity contribution in [1.29, 1.82) is 0 Å². The minimum atomic E-state index is 0.253. The summed E-state index contributed by atoms with van der Waals surface area (Å²) < 4.78 is 1.16. The van der Waals surface area contributed by atoms with Gasteiger partial charge < -0.3 is 0 Å². The number of rotatable bonds is 2. The lowest BCUT2D eigenvalue weighted by atomic mass is 9.59. The quantitative estimate of drug-likeness (QED) is 0.687. The average Bonchev–Trinajstić information content (AvgIpc) is 2.12. The third-order valence-electron chi connectivity index (χ3n) is 3.22. The van der Waals surface area contributed by atoms with Gasteiger partial charge in [-0.3, -0.25) is 0 Å². The van der Waals surface area contributed by atoms with Crippen molar-refractivity contribution in [1.82, 2.24) is 0 Å². The highest BCUT2D eigenvalue weighted by molar-refractivity contribution is 9.10. The number of hydrogen-bond donors (Lipinski definition) is 0. The summed E-state index contributed by atoms with van der Waals surface area (Å²) in [7, 11) is 0. The molecule has 0 N–H and O–H groups in total. The standard InChI is InChI=1S/C13H15Br/c1-3-13(8-10(2)9-13)11-5-4-6-12(14)7-11/h3-7,10H,1,8-9H2,2H3. The molecule has 1 aromatic rings. The average molecular weight is 251 g/mol.